The molecule has 1 amide bonds. The van der Waals surface area contributed by atoms with E-state index in [0.717, 1.165) is 74.4 Å². The Kier molecular flexibility index (Phi) is 6.23. The van der Waals surface area contributed by atoms with Gasteiger partial charge < -0.3 is 14.8 Å². The van der Waals surface area contributed by atoms with E-state index in [1.807, 2.05) is 30.5 Å². The highest BCUT2D eigenvalue weighted by atomic mass is 16.5. The van der Waals surface area contributed by atoms with Gasteiger partial charge in [0, 0.05) is 44.1 Å². The van der Waals surface area contributed by atoms with Crippen LogP contribution in [-0.2, 0) is 16.8 Å². The molecular formula is C24H31N3O3. The smallest absolute Gasteiger partial charge is 0.230 e. The molecule has 1 atom stereocenters. The Labute approximate surface area is 178 Å². The van der Waals surface area contributed by atoms with Crippen molar-refractivity contribution >= 4 is 5.91 Å². The number of hydrogen-bond donors (Lipinski definition) is 1. The standard InChI is InChI=1S/C24H31N3O3/c1-29-21-12-18(13-22(14-21)30-2)16-27-11-7-20(17-27)26-23(28)24(8-3-4-9-24)19-6-5-10-25-15-19/h5-6,10,12-15,20H,3-4,7-9,11,16-17H2,1-2H3,(H,26,28). The van der Waals surface area contributed by atoms with E-state index in [1.165, 1.54) is 0 Å². The lowest BCUT2D eigenvalue weighted by Crippen LogP contribution is -2.47. The summed E-state index contributed by atoms with van der Waals surface area (Å²) in [5.74, 6) is 1.77. The van der Waals surface area contributed by atoms with E-state index >= 15 is 0 Å². The number of benzene rings is 1. The summed E-state index contributed by atoms with van der Waals surface area (Å²) in [7, 11) is 3.34. The quantitative estimate of drug-likeness (QED) is 0.760. The van der Waals surface area contributed by atoms with E-state index in [-0.39, 0.29) is 11.9 Å². The van der Waals surface area contributed by atoms with Gasteiger partial charge in [-0.15, -0.1) is 0 Å². The van der Waals surface area contributed by atoms with Gasteiger partial charge in [0.1, 0.15) is 11.5 Å². The summed E-state index contributed by atoms with van der Waals surface area (Å²) in [6.07, 6.45) is 8.60. The topological polar surface area (TPSA) is 63.7 Å². The zero-order valence-corrected chi connectivity index (χ0v) is 17.9. The fourth-order valence-corrected chi connectivity index (χ4v) is 4.90. The molecule has 1 aromatic carbocycles. The van der Waals surface area contributed by atoms with E-state index in [1.54, 1.807) is 20.4 Å². The predicted octanol–water partition coefficient (Wildman–Crippen LogP) is 3.30. The van der Waals surface area contributed by atoms with E-state index in [9.17, 15) is 4.79 Å². The average Bonchev–Trinajstić information content (AvgIpc) is 3.44. The van der Waals surface area contributed by atoms with Gasteiger partial charge in [0.15, 0.2) is 0 Å². The third kappa shape index (κ3) is 4.29. The molecule has 0 radical (unpaired) electrons. The van der Waals surface area contributed by atoms with Crippen molar-refractivity contribution in [2.45, 2.75) is 50.1 Å². The van der Waals surface area contributed by atoms with Gasteiger partial charge in [-0.05, 0) is 48.6 Å². The molecule has 1 aromatic heterocycles. The van der Waals surface area contributed by atoms with E-state index in [0.29, 0.717) is 0 Å². The Bertz CT molecular complexity index is 843. The number of carbonyl (C=O) groups excluding carboxylic acids is 1. The molecule has 0 spiro atoms. The van der Waals surface area contributed by atoms with Crippen LogP contribution in [0.4, 0.5) is 0 Å². The maximum atomic E-state index is 13.4. The normalized spacial score (nSPS) is 20.8. The summed E-state index contributed by atoms with van der Waals surface area (Å²) in [6, 6.07) is 10.1. The van der Waals surface area contributed by atoms with Crippen molar-refractivity contribution in [3.63, 3.8) is 0 Å². The Morgan fingerprint density at radius 1 is 1.20 bits per heavy atom. The molecule has 2 aliphatic rings. The number of amides is 1. The maximum absolute atomic E-state index is 13.4. The number of likely N-dealkylation sites (tertiary alicyclic amines) is 1. The van der Waals surface area contributed by atoms with Gasteiger partial charge in [0.2, 0.25) is 5.91 Å². The lowest BCUT2D eigenvalue weighted by molar-refractivity contribution is -0.127. The summed E-state index contributed by atoms with van der Waals surface area (Å²) in [6.45, 7) is 2.63. The number of nitrogens with one attached hydrogen (secondary N) is 1. The van der Waals surface area contributed by atoms with Crippen LogP contribution in [0, 0.1) is 0 Å². The van der Waals surface area contributed by atoms with Crippen LogP contribution in [0.25, 0.3) is 0 Å². The Balaban J connectivity index is 1.40. The first kappa shape index (κ1) is 20.7. The molecule has 1 saturated carbocycles. The molecule has 2 heterocycles. The zero-order chi connectivity index (χ0) is 21.0. The molecule has 1 N–H and O–H groups in total. The number of pyridine rings is 1. The second-order valence-corrected chi connectivity index (χ2v) is 8.45. The van der Waals surface area contributed by atoms with Crippen LogP contribution < -0.4 is 14.8 Å². The third-order valence-electron chi connectivity index (χ3n) is 6.53. The van der Waals surface area contributed by atoms with Crippen LogP contribution in [0.3, 0.4) is 0 Å². The fraction of sp³-hybridized carbons (Fsp3) is 0.500. The minimum absolute atomic E-state index is 0.169. The largest absolute Gasteiger partial charge is 0.497 e. The SMILES string of the molecule is COc1cc(CN2CCC(NC(=O)C3(c4cccnc4)CCCC3)C2)cc(OC)c1. The first-order valence-electron chi connectivity index (χ1n) is 10.8. The van der Waals surface area contributed by atoms with Gasteiger partial charge in [-0.1, -0.05) is 18.9 Å². The van der Waals surface area contributed by atoms with Gasteiger partial charge in [0.25, 0.3) is 0 Å². The van der Waals surface area contributed by atoms with Crippen molar-refractivity contribution in [3.8, 4) is 11.5 Å². The molecule has 1 aliphatic heterocycles. The van der Waals surface area contributed by atoms with Gasteiger partial charge in [-0.2, -0.15) is 0 Å². The van der Waals surface area contributed by atoms with Crippen LogP contribution in [0.15, 0.2) is 42.7 Å². The summed E-state index contributed by atoms with van der Waals surface area (Å²) in [5.41, 5.74) is 1.79. The molecule has 2 fully saturated rings. The lowest BCUT2D eigenvalue weighted by Gasteiger charge is -2.29. The van der Waals surface area contributed by atoms with Crippen molar-refractivity contribution in [2.24, 2.45) is 0 Å². The van der Waals surface area contributed by atoms with Crippen LogP contribution in [-0.4, -0.2) is 49.1 Å². The molecule has 4 rings (SSSR count). The highest BCUT2D eigenvalue weighted by Crippen LogP contribution is 2.41. The van der Waals surface area contributed by atoms with Crippen molar-refractivity contribution in [3.05, 3.63) is 53.9 Å². The second kappa shape index (κ2) is 9.04. The van der Waals surface area contributed by atoms with Crippen molar-refractivity contribution in [1.29, 1.82) is 0 Å². The number of rotatable bonds is 7. The molecule has 1 unspecified atom stereocenters. The van der Waals surface area contributed by atoms with Crippen molar-refractivity contribution < 1.29 is 14.3 Å². The number of aromatic nitrogens is 1. The number of carbonyl (C=O) groups is 1. The molecule has 30 heavy (non-hydrogen) atoms. The highest BCUT2D eigenvalue weighted by Gasteiger charge is 2.43. The maximum Gasteiger partial charge on any atom is 0.230 e. The molecule has 2 aromatic rings. The second-order valence-electron chi connectivity index (χ2n) is 8.45. The number of ether oxygens (including phenoxy) is 2. The first-order valence-corrected chi connectivity index (χ1v) is 10.8. The van der Waals surface area contributed by atoms with E-state index in [4.69, 9.17) is 9.47 Å². The first-order chi connectivity index (χ1) is 14.6. The average molecular weight is 410 g/mol. The zero-order valence-electron chi connectivity index (χ0n) is 17.9. The van der Waals surface area contributed by atoms with Crippen LogP contribution in [0.2, 0.25) is 0 Å². The summed E-state index contributed by atoms with van der Waals surface area (Å²) >= 11 is 0. The highest BCUT2D eigenvalue weighted by molar-refractivity contribution is 5.88. The summed E-state index contributed by atoms with van der Waals surface area (Å²) in [4.78, 5) is 20.0. The van der Waals surface area contributed by atoms with Gasteiger partial charge in [0.05, 0.1) is 19.6 Å². The minimum Gasteiger partial charge on any atom is -0.497 e. The van der Waals surface area contributed by atoms with Crippen LogP contribution >= 0.6 is 0 Å². The monoisotopic (exact) mass is 409 g/mol. The minimum atomic E-state index is -0.415. The molecule has 1 aliphatic carbocycles. The van der Waals surface area contributed by atoms with E-state index in [2.05, 4.69) is 21.3 Å². The van der Waals surface area contributed by atoms with Crippen molar-refractivity contribution in [1.82, 2.24) is 15.2 Å². The molecule has 0 bridgehead atoms. The molecule has 6 nitrogen and oxygen atoms in total. The van der Waals surface area contributed by atoms with Crippen LogP contribution in [0.1, 0.15) is 43.2 Å². The Morgan fingerprint density at radius 3 is 2.57 bits per heavy atom. The third-order valence-corrected chi connectivity index (χ3v) is 6.53. The number of nitrogens with zero attached hydrogens (tertiary/aromatic N) is 2. The Hall–Kier alpha value is -2.60. The molecular weight excluding hydrogens is 378 g/mol. The fourth-order valence-electron chi connectivity index (χ4n) is 4.90. The van der Waals surface area contributed by atoms with Crippen molar-refractivity contribution in [2.75, 3.05) is 27.3 Å². The predicted molar refractivity (Wildman–Crippen MR) is 116 cm³/mol. The summed E-state index contributed by atoms with van der Waals surface area (Å²) in [5, 5.41) is 3.36. The van der Waals surface area contributed by atoms with Gasteiger partial charge >= 0.3 is 0 Å². The van der Waals surface area contributed by atoms with Gasteiger partial charge in [-0.25, -0.2) is 0 Å². The summed E-state index contributed by atoms with van der Waals surface area (Å²) < 4.78 is 10.8. The molecule has 1 saturated heterocycles. The lowest BCUT2D eigenvalue weighted by atomic mass is 9.78. The molecule has 6 heteroatoms. The van der Waals surface area contributed by atoms with Gasteiger partial charge in [-0.3, -0.25) is 14.7 Å². The van der Waals surface area contributed by atoms with E-state index < -0.39 is 5.41 Å². The number of methoxy groups -OCH3 is 2. The number of hydrogen-bond acceptors (Lipinski definition) is 5. The molecule has 160 valence electrons. The van der Waals surface area contributed by atoms with Crippen LogP contribution in [0.5, 0.6) is 11.5 Å². The Morgan fingerprint density at radius 2 is 1.93 bits per heavy atom.